The zero-order chi connectivity index (χ0) is 14.6. The summed E-state index contributed by atoms with van der Waals surface area (Å²) in [5.41, 5.74) is 0.287. The normalized spacial score (nSPS) is 12.2. The Hall–Kier alpha value is -0.650. The van der Waals surface area contributed by atoms with Crippen LogP contribution in [0.3, 0.4) is 0 Å². The summed E-state index contributed by atoms with van der Waals surface area (Å²) >= 11 is 11.5. The second-order valence-electron chi connectivity index (χ2n) is 4.22. The molecule has 0 spiro atoms. The van der Waals surface area contributed by atoms with Gasteiger partial charge in [-0.2, -0.15) is 13.2 Å². The fourth-order valence-electron chi connectivity index (χ4n) is 1.76. The molecule has 0 amide bonds. The van der Waals surface area contributed by atoms with E-state index in [1.54, 1.807) is 6.92 Å². The summed E-state index contributed by atoms with van der Waals surface area (Å²) in [5, 5.41) is 10.1. The fourth-order valence-corrected chi connectivity index (χ4v) is 2.30. The summed E-state index contributed by atoms with van der Waals surface area (Å²) in [6, 6.07) is 2.76. The molecule has 0 aliphatic carbocycles. The molecule has 1 aromatic rings. The number of hydrogen-bond acceptors (Lipinski definition) is 2. The second kappa shape index (κ2) is 6.68. The predicted octanol–water partition coefficient (Wildman–Crippen LogP) is 4.47. The van der Waals surface area contributed by atoms with E-state index in [9.17, 15) is 18.3 Å². The first-order valence-corrected chi connectivity index (χ1v) is 6.44. The Morgan fingerprint density at radius 3 is 2.42 bits per heavy atom. The van der Waals surface area contributed by atoms with Gasteiger partial charge in [-0.05, 0) is 25.1 Å². The van der Waals surface area contributed by atoms with Crippen LogP contribution in [0.4, 0.5) is 13.2 Å². The highest BCUT2D eigenvalue weighted by Crippen LogP contribution is 2.32. The molecular formula is C12H14Cl2F3NO. The third kappa shape index (κ3) is 5.47. The Morgan fingerprint density at radius 1 is 1.26 bits per heavy atom. The van der Waals surface area contributed by atoms with Gasteiger partial charge in [-0.15, -0.1) is 0 Å². The first-order chi connectivity index (χ1) is 8.73. The van der Waals surface area contributed by atoms with E-state index >= 15 is 0 Å². The van der Waals surface area contributed by atoms with Crippen LogP contribution in [0.15, 0.2) is 12.1 Å². The van der Waals surface area contributed by atoms with Gasteiger partial charge >= 0.3 is 6.18 Å². The number of nitrogens with zero attached hydrogens (tertiary/aromatic N) is 1. The van der Waals surface area contributed by atoms with Crippen LogP contribution in [0.2, 0.25) is 10.0 Å². The van der Waals surface area contributed by atoms with Crippen LogP contribution in [0.5, 0.6) is 5.75 Å². The van der Waals surface area contributed by atoms with E-state index in [1.165, 1.54) is 17.0 Å². The number of halogens is 5. The quantitative estimate of drug-likeness (QED) is 0.866. The van der Waals surface area contributed by atoms with Gasteiger partial charge in [-0.1, -0.05) is 30.1 Å². The number of rotatable bonds is 5. The minimum absolute atomic E-state index is 0.0333. The standard InChI is InChI=1S/C12H14Cl2F3NO/c1-2-3-18(7-12(15,16)17)6-8-4-9(13)5-10(14)11(8)19/h4-5,19H,2-3,6-7H2,1H3. The molecule has 1 N–H and O–H groups in total. The summed E-state index contributed by atoms with van der Waals surface area (Å²) in [4.78, 5) is 1.20. The number of alkyl halides is 3. The maximum Gasteiger partial charge on any atom is 0.401 e. The van der Waals surface area contributed by atoms with Crippen LogP contribution >= 0.6 is 23.2 Å². The molecular weight excluding hydrogens is 302 g/mol. The number of phenolic OH excluding ortho intramolecular Hbond substituents is 1. The van der Waals surface area contributed by atoms with Gasteiger partial charge in [0, 0.05) is 17.1 Å². The predicted molar refractivity (Wildman–Crippen MR) is 69.7 cm³/mol. The lowest BCUT2D eigenvalue weighted by atomic mass is 10.2. The van der Waals surface area contributed by atoms with Crippen LogP contribution in [-0.4, -0.2) is 29.3 Å². The summed E-state index contributed by atoms with van der Waals surface area (Å²) in [7, 11) is 0. The maximum atomic E-state index is 12.4. The van der Waals surface area contributed by atoms with Crippen LogP contribution in [0, 0.1) is 0 Å². The third-order valence-electron chi connectivity index (χ3n) is 2.44. The van der Waals surface area contributed by atoms with Gasteiger partial charge in [-0.3, -0.25) is 4.90 Å². The van der Waals surface area contributed by atoms with Crippen LogP contribution in [0.25, 0.3) is 0 Å². The van der Waals surface area contributed by atoms with Crippen LogP contribution < -0.4 is 0 Å². The van der Waals surface area contributed by atoms with E-state index in [1.807, 2.05) is 0 Å². The van der Waals surface area contributed by atoms with E-state index < -0.39 is 12.7 Å². The number of phenols is 1. The number of aromatic hydroxyl groups is 1. The van der Waals surface area contributed by atoms with Crippen LogP contribution in [-0.2, 0) is 6.54 Å². The van der Waals surface area contributed by atoms with E-state index in [4.69, 9.17) is 23.2 Å². The van der Waals surface area contributed by atoms with E-state index in [-0.39, 0.29) is 34.4 Å². The molecule has 0 saturated heterocycles. The van der Waals surface area contributed by atoms with Crippen molar-refractivity contribution in [1.29, 1.82) is 0 Å². The molecule has 0 fully saturated rings. The summed E-state index contributed by atoms with van der Waals surface area (Å²) in [6.45, 7) is 0.959. The van der Waals surface area contributed by atoms with Gasteiger partial charge in [0.05, 0.1) is 11.6 Å². The largest absolute Gasteiger partial charge is 0.506 e. The Morgan fingerprint density at radius 2 is 1.89 bits per heavy atom. The van der Waals surface area contributed by atoms with Crippen molar-refractivity contribution in [2.24, 2.45) is 0 Å². The Labute approximate surface area is 119 Å². The maximum absolute atomic E-state index is 12.4. The lowest BCUT2D eigenvalue weighted by Crippen LogP contribution is -2.34. The lowest BCUT2D eigenvalue weighted by Gasteiger charge is -2.23. The van der Waals surface area contributed by atoms with Crippen molar-refractivity contribution < 1.29 is 18.3 Å². The lowest BCUT2D eigenvalue weighted by molar-refractivity contribution is -0.147. The number of hydrogen-bond donors (Lipinski definition) is 1. The van der Waals surface area contributed by atoms with E-state index in [0.29, 0.717) is 6.42 Å². The van der Waals surface area contributed by atoms with Crippen molar-refractivity contribution >= 4 is 23.2 Å². The molecule has 0 atom stereocenters. The average molecular weight is 316 g/mol. The minimum Gasteiger partial charge on any atom is -0.506 e. The molecule has 0 aromatic heterocycles. The second-order valence-corrected chi connectivity index (χ2v) is 5.06. The Balaban J connectivity index is 2.90. The third-order valence-corrected chi connectivity index (χ3v) is 2.95. The van der Waals surface area contributed by atoms with Crippen molar-refractivity contribution in [3.63, 3.8) is 0 Å². The van der Waals surface area contributed by atoms with Gasteiger partial charge in [0.2, 0.25) is 0 Å². The first kappa shape index (κ1) is 16.4. The highest BCUT2D eigenvalue weighted by atomic mass is 35.5. The van der Waals surface area contributed by atoms with Gasteiger partial charge < -0.3 is 5.11 Å². The highest BCUT2D eigenvalue weighted by Gasteiger charge is 2.30. The summed E-state index contributed by atoms with van der Waals surface area (Å²) in [5.74, 6) is -0.227. The zero-order valence-electron chi connectivity index (χ0n) is 10.3. The molecule has 19 heavy (non-hydrogen) atoms. The van der Waals surface area contributed by atoms with Crippen molar-refractivity contribution in [2.75, 3.05) is 13.1 Å². The fraction of sp³-hybridized carbons (Fsp3) is 0.500. The SMILES string of the molecule is CCCN(Cc1cc(Cl)cc(Cl)c1O)CC(F)(F)F. The molecule has 0 radical (unpaired) electrons. The minimum atomic E-state index is -4.28. The van der Waals surface area contributed by atoms with Crippen molar-refractivity contribution in [1.82, 2.24) is 4.90 Å². The Kier molecular flexibility index (Phi) is 5.77. The smallest absolute Gasteiger partial charge is 0.401 e. The highest BCUT2D eigenvalue weighted by molar-refractivity contribution is 6.35. The topological polar surface area (TPSA) is 23.5 Å². The molecule has 2 nitrogen and oxygen atoms in total. The molecule has 1 aromatic carbocycles. The van der Waals surface area contributed by atoms with Gasteiger partial charge in [0.25, 0.3) is 0 Å². The summed E-state index contributed by atoms with van der Waals surface area (Å²) in [6.07, 6.45) is -3.71. The monoisotopic (exact) mass is 315 g/mol. The van der Waals surface area contributed by atoms with Crippen molar-refractivity contribution in [3.05, 3.63) is 27.7 Å². The number of benzene rings is 1. The molecule has 0 bridgehead atoms. The molecule has 0 heterocycles. The first-order valence-electron chi connectivity index (χ1n) is 5.69. The van der Waals surface area contributed by atoms with Gasteiger partial charge in [-0.25, -0.2) is 0 Å². The molecule has 0 saturated carbocycles. The van der Waals surface area contributed by atoms with Crippen LogP contribution in [0.1, 0.15) is 18.9 Å². The van der Waals surface area contributed by atoms with Crippen molar-refractivity contribution in [3.8, 4) is 5.75 Å². The Bertz CT molecular complexity index is 438. The van der Waals surface area contributed by atoms with Gasteiger partial charge in [0.1, 0.15) is 5.75 Å². The van der Waals surface area contributed by atoms with E-state index in [0.717, 1.165) is 0 Å². The zero-order valence-corrected chi connectivity index (χ0v) is 11.8. The molecule has 0 aliphatic rings. The van der Waals surface area contributed by atoms with E-state index in [2.05, 4.69) is 0 Å². The van der Waals surface area contributed by atoms with Crippen molar-refractivity contribution in [2.45, 2.75) is 26.1 Å². The molecule has 1 rings (SSSR count). The molecule has 7 heteroatoms. The average Bonchev–Trinajstić information content (AvgIpc) is 2.23. The molecule has 108 valence electrons. The molecule has 0 aliphatic heterocycles. The molecule has 0 unspecified atom stereocenters. The summed E-state index contributed by atoms with van der Waals surface area (Å²) < 4.78 is 37.3. The van der Waals surface area contributed by atoms with Gasteiger partial charge in [0.15, 0.2) is 0 Å².